The van der Waals surface area contributed by atoms with Gasteiger partial charge in [-0.2, -0.15) is 0 Å². The molecule has 0 radical (unpaired) electrons. The fourth-order valence-electron chi connectivity index (χ4n) is 3.95. The van der Waals surface area contributed by atoms with Gasteiger partial charge in [-0.1, -0.05) is 48.5 Å². The Morgan fingerprint density at radius 3 is 2.36 bits per heavy atom. The van der Waals surface area contributed by atoms with Gasteiger partial charge in [0.05, 0.1) is 12.2 Å². The molecule has 7 heteroatoms. The highest BCUT2D eigenvalue weighted by atomic mass is 16.5. The topological polar surface area (TPSA) is 110 Å². The lowest BCUT2D eigenvalue weighted by molar-refractivity contribution is 0.0525. The number of anilines is 1. The zero-order chi connectivity index (χ0) is 25.5. The van der Waals surface area contributed by atoms with Gasteiger partial charge in [-0.25, -0.2) is 4.79 Å². The maximum Gasteiger partial charge on any atom is 0.339 e. The average molecular weight is 481 g/mol. The van der Waals surface area contributed by atoms with Gasteiger partial charge in [0.1, 0.15) is 5.84 Å². The van der Waals surface area contributed by atoms with Gasteiger partial charge in [-0.15, -0.1) is 0 Å². The molecule has 0 aliphatic carbocycles. The predicted octanol–water partition coefficient (Wildman–Crippen LogP) is 4.84. The van der Waals surface area contributed by atoms with E-state index >= 15 is 0 Å². The number of rotatable bonds is 9. The van der Waals surface area contributed by atoms with Crippen molar-refractivity contribution in [3.05, 3.63) is 125 Å². The number of nitrogens with one attached hydrogen (secondary N) is 2. The first-order chi connectivity index (χ1) is 17.4. The van der Waals surface area contributed by atoms with Crippen molar-refractivity contribution < 1.29 is 14.3 Å². The molecule has 0 saturated heterocycles. The second-order valence-electron chi connectivity index (χ2n) is 8.40. The number of esters is 1. The van der Waals surface area contributed by atoms with Crippen molar-refractivity contribution in [3.63, 3.8) is 0 Å². The minimum Gasteiger partial charge on any atom is -0.462 e. The third-order valence-corrected chi connectivity index (χ3v) is 5.70. The van der Waals surface area contributed by atoms with E-state index in [0.717, 1.165) is 22.4 Å². The summed E-state index contributed by atoms with van der Waals surface area (Å²) in [5, 5.41) is 10.5. The van der Waals surface area contributed by atoms with E-state index < -0.39 is 0 Å². The molecule has 182 valence electrons. The molecule has 0 unspecified atom stereocenters. The molecule has 7 nitrogen and oxygen atoms in total. The third-order valence-electron chi connectivity index (χ3n) is 5.70. The van der Waals surface area contributed by atoms with E-state index in [1.54, 1.807) is 31.3 Å². The van der Waals surface area contributed by atoms with Crippen molar-refractivity contribution in [2.24, 2.45) is 5.73 Å². The van der Waals surface area contributed by atoms with Gasteiger partial charge >= 0.3 is 5.97 Å². The van der Waals surface area contributed by atoms with Crippen molar-refractivity contribution in [1.82, 2.24) is 4.57 Å². The standard InChI is InChI=1S/C29H28N4O3/c1-2-36-29(35)26-19-33(17-21-7-6-8-23(16-21)27(30)31)18-24(26)15-20-11-13-22(14-12-20)28(34)32-25-9-4-3-5-10-25/h3-14,16,18-19H,2,15,17H2,1H3,(H3,30,31)(H,32,34). The van der Waals surface area contributed by atoms with Crippen LogP contribution in [0.15, 0.2) is 91.3 Å². The lowest BCUT2D eigenvalue weighted by atomic mass is 10.0. The minimum atomic E-state index is -0.373. The first-order valence-electron chi connectivity index (χ1n) is 11.7. The maximum absolute atomic E-state index is 12.6. The van der Waals surface area contributed by atoms with Gasteiger partial charge in [0.15, 0.2) is 0 Å². The highest BCUT2D eigenvalue weighted by Gasteiger charge is 2.17. The second-order valence-corrected chi connectivity index (χ2v) is 8.40. The summed E-state index contributed by atoms with van der Waals surface area (Å²) in [6.07, 6.45) is 4.23. The lowest BCUT2D eigenvalue weighted by Crippen LogP contribution is -2.11. The summed E-state index contributed by atoms with van der Waals surface area (Å²) in [5.41, 5.74) is 10.8. The number of carbonyl (C=O) groups excluding carboxylic acids is 2. The number of hydrogen-bond donors (Lipinski definition) is 3. The third kappa shape index (κ3) is 6.07. The number of hydrogen-bond acceptors (Lipinski definition) is 4. The minimum absolute atomic E-state index is 0.0122. The van der Waals surface area contributed by atoms with Crippen molar-refractivity contribution >= 4 is 23.4 Å². The highest BCUT2D eigenvalue weighted by molar-refractivity contribution is 6.04. The molecule has 0 saturated carbocycles. The van der Waals surface area contributed by atoms with Crippen LogP contribution in [0.2, 0.25) is 0 Å². The Morgan fingerprint density at radius 2 is 1.67 bits per heavy atom. The van der Waals surface area contributed by atoms with Gasteiger partial charge in [0.25, 0.3) is 5.91 Å². The van der Waals surface area contributed by atoms with E-state index in [9.17, 15) is 9.59 Å². The van der Waals surface area contributed by atoms with E-state index in [4.69, 9.17) is 15.9 Å². The maximum atomic E-state index is 12.6. The highest BCUT2D eigenvalue weighted by Crippen LogP contribution is 2.20. The number of ether oxygens (including phenoxy) is 1. The molecule has 1 amide bonds. The Labute approximate surface area is 210 Å². The van der Waals surface area contributed by atoms with Crippen molar-refractivity contribution in [2.45, 2.75) is 19.9 Å². The van der Waals surface area contributed by atoms with Gasteiger partial charge in [-0.3, -0.25) is 10.2 Å². The van der Waals surface area contributed by atoms with Crippen LogP contribution in [0.3, 0.4) is 0 Å². The number of benzene rings is 3. The first-order valence-corrected chi connectivity index (χ1v) is 11.7. The smallest absolute Gasteiger partial charge is 0.339 e. The molecule has 0 bridgehead atoms. The first kappa shape index (κ1) is 24.5. The zero-order valence-corrected chi connectivity index (χ0v) is 20.0. The predicted molar refractivity (Wildman–Crippen MR) is 141 cm³/mol. The molecule has 0 aliphatic heterocycles. The molecule has 4 N–H and O–H groups in total. The molecular formula is C29H28N4O3. The van der Waals surface area contributed by atoms with Crippen molar-refractivity contribution in [3.8, 4) is 0 Å². The molecule has 1 aromatic heterocycles. The van der Waals surface area contributed by atoms with Gasteiger partial charge in [-0.05, 0) is 60.4 Å². The van der Waals surface area contributed by atoms with E-state index in [-0.39, 0.29) is 24.3 Å². The summed E-state index contributed by atoms with van der Waals surface area (Å²) < 4.78 is 7.21. The molecule has 36 heavy (non-hydrogen) atoms. The SMILES string of the molecule is CCOC(=O)c1cn(Cc2cccc(C(=N)N)c2)cc1Cc1ccc(C(=O)Nc2ccccc2)cc1. The van der Waals surface area contributed by atoms with Crippen LogP contribution in [0.1, 0.15) is 49.9 Å². The monoisotopic (exact) mass is 480 g/mol. The lowest BCUT2D eigenvalue weighted by Gasteiger charge is -2.07. The Kier molecular flexibility index (Phi) is 7.60. The molecular weight excluding hydrogens is 452 g/mol. The molecule has 1 heterocycles. The van der Waals surface area contributed by atoms with Crippen molar-refractivity contribution in [2.75, 3.05) is 11.9 Å². The summed E-state index contributed by atoms with van der Waals surface area (Å²) >= 11 is 0. The Balaban J connectivity index is 1.52. The van der Waals surface area contributed by atoms with Crippen LogP contribution in [-0.2, 0) is 17.7 Å². The molecule has 4 rings (SSSR count). The molecule has 4 aromatic rings. The molecule has 0 atom stereocenters. The van der Waals surface area contributed by atoms with Crippen LogP contribution in [-0.4, -0.2) is 28.9 Å². The van der Waals surface area contributed by atoms with Gasteiger partial charge in [0, 0.05) is 35.8 Å². The van der Waals surface area contributed by atoms with Crippen LogP contribution in [0.5, 0.6) is 0 Å². The van der Waals surface area contributed by atoms with Crippen LogP contribution >= 0.6 is 0 Å². The summed E-state index contributed by atoms with van der Waals surface area (Å²) in [4.78, 5) is 25.2. The number of aromatic nitrogens is 1. The number of para-hydroxylation sites is 1. The zero-order valence-electron chi connectivity index (χ0n) is 20.0. The van der Waals surface area contributed by atoms with Crippen LogP contribution < -0.4 is 11.1 Å². The number of amides is 1. The number of amidine groups is 1. The van der Waals surface area contributed by atoms with E-state index in [1.807, 2.05) is 71.4 Å². The number of carbonyl (C=O) groups is 2. The largest absolute Gasteiger partial charge is 0.462 e. The van der Waals surface area contributed by atoms with E-state index in [2.05, 4.69) is 5.32 Å². The Hall–Kier alpha value is -4.65. The van der Waals surface area contributed by atoms with E-state index in [1.165, 1.54) is 0 Å². The number of nitrogens with zero attached hydrogens (tertiary/aromatic N) is 1. The average Bonchev–Trinajstić information content (AvgIpc) is 3.27. The molecule has 0 aliphatic rings. The fourth-order valence-corrected chi connectivity index (χ4v) is 3.95. The summed E-state index contributed by atoms with van der Waals surface area (Å²) in [6.45, 7) is 2.59. The molecule has 3 aromatic carbocycles. The fraction of sp³-hybridized carbons (Fsp3) is 0.138. The summed E-state index contributed by atoms with van der Waals surface area (Å²) in [7, 11) is 0. The van der Waals surface area contributed by atoms with Crippen LogP contribution in [0.25, 0.3) is 0 Å². The second kappa shape index (κ2) is 11.2. The normalized spacial score (nSPS) is 10.6. The summed E-state index contributed by atoms with van der Waals surface area (Å²) in [5.74, 6) is -0.542. The van der Waals surface area contributed by atoms with Crippen LogP contribution in [0.4, 0.5) is 5.69 Å². The van der Waals surface area contributed by atoms with Gasteiger partial charge in [0.2, 0.25) is 0 Å². The van der Waals surface area contributed by atoms with Crippen molar-refractivity contribution in [1.29, 1.82) is 5.41 Å². The summed E-state index contributed by atoms with van der Waals surface area (Å²) in [6, 6.07) is 24.1. The van der Waals surface area contributed by atoms with Crippen LogP contribution in [0, 0.1) is 5.41 Å². The Morgan fingerprint density at radius 1 is 0.917 bits per heavy atom. The number of nitrogen functional groups attached to an aromatic ring is 1. The molecule has 0 spiro atoms. The molecule has 0 fully saturated rings. The quantitative estimate of drug-likeness (QED) is 0.181. The Bertz CT molecular complexity index is 1380. The van der Waals surface area contributed by atoms with Gasteiger partial charge < -0.3 is 20.4 Å². The van der Waals surface area contributed by atoms with E-state index in [0.29, 0.717) is 29.7 Å². The number of nitrogens with two attached hydrogens (primary N) is 1.